The summed E-state index contributed by atoms with van der Waals surface area (Å²) in [7, 11) is 1.88. The summed E-state index contributed by atoms with van der Waals surface area (Å²) in [6.45, 7) is 1.94. The molecule has 2 amide bonds. The van der Waals surface area contributed by atoms with Gasteiger partial charge in [0.05, 0.1) is 5.92 Å². The van der Waals surface area contributed by atoms with Crippen LogP contribution in [-0.2, 0) is 4.79 Å². The Hall–Kier alpha value is -2.89. The minimum atomic E-state index is -0.347. The van der Waals surface area contributed by atoms with E-state index in [4.69, 9.17) is 0 Å². The first-order valence-corrected chi connectivity index (χ1v) is 9.76. The Labute approximate surface area is 164 Å². The van der Waals surface area contributed by atoms with Crippen LogP contribution in [0.15, 0.2) is 53.5 Å². The molecule has 2 fully saturated rings. The van der Waals surface area contributed by atoms with Crippen LogP contribution < -0.4 is 5.56 Å². The summed E-state index contributed by atoms with van der Waals surface area (Å²) in [5.74, 6) is -0.165. The second-order valence-electron chi connectivity index (χ2n) is 8.07. The van der Waals surface area contributed by atoms with Gasteiger partial charge in [-0.2, -0.15) is 0 Å². The number of aromatic nitrogens is 1. The number of hydrogen-bond donors (Lipinski definition) is 1. The van der Waals surface area contributed by atoms with E-state index in [9.17, 15) is 14.4 Å². The van der Waals surface area contributed by atoms with Crippen molar-refractivity contribution in [1.82, 2.24) is 14.8 Å². The van der Waals surface area contributed by atoms with Gasteiger partial charge in [0.1, 0.15) is 5.56 Å². The second kappa shape index (κ2) is 7.26. The van der Waals surface area contributed by atoms with Crippen molar-refractivity contribution in [2.45, 2.75) is 25.2 Å². The molecule has 0 radical (unpaired) electrons. The predicted molar refractivity (Wildman–Crippen MR) is 106 cm³/mol. The Morgan fingerprint density at radius 2 is 1.79 bits per heavy atom. The fourth-order valence-electron chi connectivity index (χ4n) is 4.68. The minimum absolute atomic E-state index is 0.0169. The van der Waals surface area contributed by atoms with E-state index in [1.165, 1.54) is 6.20 Å². The summed E-state index contributed by atoms with van der Waals surface area (Å²) in [6, 6.07) is 13.2. The van der Waals surface area contributed by atoms with Gasteiger partial charge < -0.3 is 14.8 Å². The molecule has 2 aliphatic heterocycles. The van der Waals surface area contributed by atoms with Gasteiger partial charge in [-0.15, -0.1) is 0 Å². The Morgan fingerprint density at radius 3 is 2.46 bits per heavy atom. The number of H-pyrrole nitrogens is 1. The quantitative estimate of drug-likeness (QED) is 0.870. The molecular formula is C22H25N3O3. The molecule has 0 saturated carbocycles. The van der Waals surface area contributed by atoms with Gasteiger partial charge in [0.25, 0.3) is 11.5 Å². The summed E-state index contributed by atoms with van der Waals surface area (Å²) in [5, 5.41) is 0. The van der Waals surface area contributed by atoms with E-state index >= 15 is 0 Å². The number of nitrogens with zero attached hydrogens (tertiary/aromatic N) is 2. The highest BCUT2D eigenvalue weighted by molar-refractivity contribution is 5.93. The Kier molecular flexibility index (Phi) is 4.79. The molecule has 2 saturated heterocycles. The van der Waals surface area contributed by atoms with E-state index in [-0.39, 0.29) is 34.3 Å². The molecule has 3 heterocycles. The number of aromatic amines is 1. The number of hydrogen-bond acceptors (Lipinski definition) is 3. The molecule has 1 N–H and O–H groups in total. The molecule has 0 unspecified atom stereocenters. The Balaban J connectivity index is 1.50. The standard InChI is InChI=1S/C22H25N3O3/c1-24-15-22(14-18(20(24)27)16-6-3-2-4-7-16)9-12-25(13-10-22)21(28)17-8-5-11-23-19(17)26/h2-8,11,18H,9-10,12-15H2,1H3,(H,23,26)/t18-/m1/s1. The lowest BCUT2D eigenvalue weighted by Gasteiger charge is -2.49. The van der Waals surface area contributed by atoms with E-state index in [0.717, 1.165) is 31.4 Å². The van der Waals surface area contributed by atoms with Gasteiger partial charge in [-0.25, -0.2) is 0 Å². The Bertz CT molecular complexity index is 929. The predicted octanol–water partition coefficient (Wildman–Crippen LogP) is 2.24. The van der Waals surface area contributed by atoms with E-state index in [2.05, 4.69) is 4.98 Å². The minimum Gasteiger partial charge on any atom is -0.345 e. The fraction of sp³-hybridized carbons (Fsp3) is 0.409. The summed E-state index contributed by atoms with van der Waals surface area (Å²) in [5.41, 5.74) is 0.924. The monoisotopic (exact) mass is 379 g/mol. The number of rotatable bonds is 2. The number of piperidine rings is 2. The van der Waals surface area contributed by atoms with Gasteiger partial charge in [-0.05, 0) is 42.4 Å². The molecular weight excluding hydrogens is 354 g/mol. The van der Waals surface area contributed by atoms with Crippen molar-refractivity contribution < 1.29 is 9.59 Å². The lowest BCUT2D eigenvalue weighted by molar-refractivity contribution is -0.139. The summed E-state index contributed by atoms with van der Waals surface area (Å²) < 4.78 is 0. The summed E-state index contributed by atoms with van der Waals surface area (Å²) in [6.07, 6.45) is 4.02. The van der Waals surface area contributed by atoms with Crippen LogP contribution in [0.1, 0.15) is 41.1 Å². The third-order valence-electron chi connectivity index (χ3n) is 6.25. The number of benzene rings is 1. The fourth-order valence-corrected chi connectivity index (χ4v) is 4.68. The lowest BCUT2D eigenvalue weighted by atomic mass is 9.67. The number of pyridine rings is 1. The molecule has 2 aromatic rings. The number of carbonyl (C=O) groups is 2. The van der Waals surface area contributed by atoms with E-state index in [1.54, 1.807) is 17.0 Å². The lowest BCUT2D eigenvalue weighted by Crippen LogP contribution is -2.53. The van der Waals surface area contributed by atoms with Gasteiger partial charge in [0.2, 0.25) is 5.91 Å². The molecule has 1 aromatic carbocycles. The summed E-state index contributed by atoms with van der Waals surface area (Å²) in [4.78, 5) is 43.6. The maximum absolute atomic E-state index is 12.8. The van der Waals surface area contributed by atoms with E-state index < -0.39 is 0 Å². The molecule has 0 aliphatic carbocycles. The molecule has 4 rings (SSSR count). The molecule has 6 nitrogen and oxygen atoms in total. The average Bonchev–Trinajstić information content (AvgIpc) is 2.72. The highest BCUT2D eigenvalue weighted by Crippen LogP contribution is 2.45. The normalized spacial score (nSPS) is 21.8. The van der Waals surface area contributed by atoms with Crippen LogP contribution in [0.25, 0.3) is 0 Å². The van der Waals surface area contributed by atoms with Gasteiger partial charge in [0.15, 0.2) is 0 Å². The van der Waals surface area contributed by atoms with Crippen molar-refractivity contribution in [3.8, 4) is 0 Å². The highest BCUT2D eigenvalue weighted by Gasteiger charge is 2.45. The van der Waals surface area contributed by atoms with Crippen molar-refractivity contribution in [1.29, 1.82) is 0 Å². The van der Waals surface area contributed by atoms with Crippen LogP contribution in [0, 0.1) is 5.41 Å². The van der Waals surface area contributed by atoms with Crippen molar-refractivity contribution >= 4 is 11.8 Å². The number of nitrogens with one attached hydrogen (secondary N) is 1. The van der Waals surface area contributed by atoms with Gasteiger partial charge in [-0.3, -0.25) is 14.4 Å². The third-order valence-corrected chi connectivity index (χ3v) is 6.25. The molecule has 2 aliphatic rings. The maximum Gasteiger partial charge on any atom is 0.260 e. The van der Waals surface area contributed by atoms with Crippen LogP contribution in [0.4, 0.5) is 0 Å². The van der Waals surface area contributed by atoms with Crippen molar-refractivity contribution in [3.05, 3.63) is 70.1 Å². The number of carbonyl (C=O) groups excluding carboxylic acids is 2. The van der Waals surface area contributed by atoms with Crippen LogP contribution in [0.3, 0.4) is 0 Å². The van der Waals surface area contributed by atoms with Crippen molar-refractivity contribution in [2.24, 2.45) is 5.41 Å². The van der Waals surface area contributed by atoms with Crippen LogP contribution in [0.5, 0.6) is 0 Å². The van der Waals surface area contributed by atoms with Crippen molar-refractivity contribution in [3.63, 3.8) is 0 Å². The third kappa shape index (κ3) is 3.35. The SMILES string of the molecule is CN1CC2(CCN(C(=O)c3ccc[nH]c3=O)CC2)C[C@H](c2ccccc2)C1=O. The Morgan fingerprint density at radius 1 is 1.07 bits per heavy atom. The highest BCUT2D eigenvalue weighted by atomic mass is 16.2. The average molecular weight is 379 g/mol. The van der Waals surface area contributed by atoms with Gasteiger partial charge in [-0.1, -0.05) is 30.3 Å². The first kappa shape index (κ1) is 18.5. The zero-order valence-corrected chi connectivity index (χ0v) is 16.1. The van der Waals surface area contributed by atoms with E-state index in [1.807, 2.05) is 42.3 Å². The first-order valence-electron chi connectivity index (χ1n) is 9.76. The molecule has 1 atom stereocenters. The zero-order chi connectivity index (χ0) is 19.7. The van der Waals surface area contributed by atoms with E-state index in [0.29, 0.717) is 13.1 Å². The van der Waals surface area contributed by atoms with Crippen LogP contribution in [0.2, 0.25) is 0 Å². The number of likely N-dealkylation sites (tertiary alicyclic amines) is 2. The molecule has 6 heteroatoms. The topological polar surface area (TPSA) is 73.5 Å². The number of amides is 2. The first-order chi connectivity index (χ1) is 13.5. The van der Waals surface area contributed by atoms with Crippen molar-refractivity contribution in [2.75, 3.05) is 26.7 Å². The largest absolute Gasteiger partial charge is 0.345 e. The van der Waals surface area contributed by atoms with Crippen LogP contribution in [-0.4, -0.2) is 53.3 Å². The van der Waals surface area contributed by atoms with Gasteiger partial charge in [0, 0.05) is 32.9 Å². The van der Waals surface area contributed by atoms with Gasteiger partial charge >= 0.3 is 0 Å². The molecule has 1 spiro atoms. The zero-order valence-electron chi connectivity index (χ0n) is 16.1. The molecule has 28 heavy (non-hydrogen) atoms. The van der Waals surface area contributed by atoms with Crippen LogP contribution >= 0.6 is 0 Å². The molecule has 1 aromatic heterocycles. The maximum atomic E-state index is 12.8. The number of likely N-dealkylation sites (N-methyl/N-ethyl adjacent to an activating group) is 1. The second-order valence-corrected chi connectivity index (χ2v) is 8.07. The smallest absolute Gasteiger partial charge is 0.260 e. The molecule has 0 bridgehead atoms. The molecule has 146 valence electrons. The summed E-state index contributed by atoms with van der Waals surface area (Å²) >= 11 is 0.